The minimum absolute atomic E-state index is 0.336. The number of alkyl halides is 1. The van der Waals surface area contributed by atoms with Crippen molar-refractivity contribution in [2.45, 2.75) is 31.0 Å². The number of halogens is 1. The van der Waals surface area contributed by atoms with Crippen molar-refractivity contribution in [2.24, 2.45) is 5.92 Å². The highest BCUT2D eigenvalue weighted by Gasteiger charge is 2.31. The van der Waals surface area contributed by atoms with Gasteiger partial charge in [0.1, 0.15) is 0 Å². The molecule has 1 aliphatic carbocycles. The topological polar surface area (TPSA) is 20.3 Å². The molecule has 0 saturated heterocycles. The quantitative estimate of drug-likeness (QED) is 0.681. The van der Waals surface area contributed by atoms with Gasteiger partial charge in [0.05, 0.1) is 0 Å². The molecule has 0 aromatic carbocycles. The second-order valence-corrected chi connectivity index (χ2v) is 5.17. The molecule has 0 aliphatic heterocycles. The molecule has 1 rings (SSSR count). The molecule has 1 saturated carbocycles. The van der Waals surface area contributed by atoms with Crippen LogP contribution < -0.4 is 0 Å². The second-order valence-electron chi connectivity index (χ2n) is 3.60. The molecule has 0 heterocycles. The van der Waals surface area contributed by atoms with E-state index in [0.29, 0.717) is 16.7 Å². The molecule has 1 atom stereocenters. The zero-order valence-corrected chi connectivity index (χ0v) is 9.30. The number of rotatable bonds is 4. The average Bonchev–Trinajstić information content (AvgIpc) is 2.80. The van der Waals surface area contributed by atoms with Crippen LogP contribution >= 0.6 is 15.9 Å². The zero-order valence-electron chi connectivity index (χ0n) is 7.72. The Labute approximate surface area is 82.4 Å². The van der Waals surface area contributed by atoms with Gasteiger partial charge in [-0.15, -0.1) is 0 Å². The molecule has 0 radical (unpaired) electrons. The van der Waals surface area contributed by atoms with E-state index in [1.165, 1.54) is 0 Å². The fourth-order valence-electron chi connectivity index (χ4n) is 1.12. The van der Waals surface area contributed by atoms with Gasteiger partial charge in [-0.25, -0.2) is 0 Å². The third kappa shape index (κ3) is 3.13. The van der Waals surface area contributed by atoms with Gasteiger partial charge >= 0.3 is 0 Å². The summed E-state index contributed by atoms with van der Waals surface area (Å²) in [4.78, 5) is 13.8. The molecule has 0 spiro atoms. The lowest BCUT2D eigenvalue weighted by molar-refractivity contribution is -0.131. The summed E-state index contributed by atoms with van der Waals surface area (Å²) >= 11 is 3.47. The summed E-state index contributed by atoms with van der Waals surface area (Å²) in [7, 11) is 1.90. The van der Waals surface area contributed by atoms with E-state index in [1.807, 2.05) is 11.9 Å². The zero-order chi connectivity index (χ0) is 9.14. The van der Waals surface area contributed by atoms with Crippen LogP contribution in [0.3, 0.4) is 0 Å². The standard InChI is InChI=1S/C9H16BrNO/c1-7(10)5-6-11(2)9(12)8-3-4-8/h7-8H,3-6H2,1-2H3. The van der Waals surface area contributed by atoms with E-state index in [2.05, 4.69) is 22.9 Å². The van der Waals surface area contributed by atoms with Gasteiger partial charge in [-0.05, 0) is 19.3 Å². The number of hydrogen-bond donors (Lipinski definition) is 0. The maximum absolute atomic E-state index is 11.4. The van der Waals surface area contributed by atoms with Crippen LogP contribution in [-0.4, -0.2) is 29.2 Å². The SMILES string of the molecule is CC(Br)CCN(C)C(=O)C1CC1. The van der Waals surface area contributed by atoms with Gasteiger partial charge in [0.15, 0.2) is 0 Å². The highest BCUT2D eigenvalue weighted by Crippen LogP contribution is 2.30. The van der Waals surface area contributed by atoms with Crippen LogP contribution in [0.15, 0.2) is 0 Å². The lowest BCUT2D eigenvalue weighted by atomic mass is 10.3. The molecule has 0 aromatic rings. The lowest BCUT2D eigenvalue weighted by Gasteiger charge is -2.17. The van der Waals surface area contributed by atoms with E-state index in [4.69, 9.17) is 0 Å². The number of amides is 1. The summed E-state index contributed by atoms with van der Waals surface area (Å²) in [5, 5.41) is 0. The van der Waals surface area contributed by atoms with Crippen molar-refractivity contribution in [3.05, 3.63) is 0 Å². The molecule has 2 nitrogen and oxygen atoms in total. The molecule has 0 N–H and O–H groups in total. The van der Waals surface area contributed by atoms with Gasteiger partial charge in [0.25, 0.3) is 0 Å². The monoisotopic (exact) mass is 233 g/mol. The van der Waals surface area contributed by atoms with E-state index in [9.17, 15) is 4.79 Å². The third-order valence-electron chi connectivity index (χ3n) is 2.17. The van der Waals surface area contributed by atoms with Gasteiger partial charge in [-0.2, -0.15) is 0 Å². The minimum atomic E-state index is 0.336. The van der Waals surface area contributed by atoms with Crippen LogP contribution in [0.2, 0.25) is 0 Å². The number of nitrogens with zero attached hydrogens (tertiary/aromatic N) is 1. The van der Waals surface area contributed by atoms with Crippen molar-refractivity contribution in [2.75, 3.05) is 13.6 Å². The Bertz CT molecular complexity index is 166. The molecule has 12 heavy (non-hydrogen) atoms. The Kier molecular flexibility index (Phi) is 3.56. The molecule has 1 amide bonds. The van der Waals surface area contributed by atoms with Crippen LogP contribution in [0.4, 0.5) is 0 Å². The Morgan fingerprint density at radius 2 is 2.25 bits per heavy atom. The summed E-state index contributed by atoms with van der Waals surface area (Å²) in [6.45, 7) is 2.98. The first-order valence-electron chi connectivity index (χ1n) is 4.50. The Hall–Kier alpha value is -0.0500. The normalized spacial score (nSPS) is 18.9. The summed E-state index contributed by atoms with van der Waals surface area (Å²) in [6, 6.07) is 0. The van der Waals surface area contributed by atoms with E-state index < -0.39 is 0 Å². The molecule has 1 fully saturated rings. The third-order valence-corrected chi connectivity index (χ3v) is 2.62. The summed E-state index contributed by atoms with van der Waals surface area (Å²) in [6.07, 6.45) is 3.25. The second kappa shape index (κ2) is 4.26. The maximum atomic E-state index is 11.4. The molecular formula is C9H16BrNO. The van der Waals surface area contributed by atoms with Gasteiger partial charge in [-0.1, -0.05) is 22.9 Å². The molecular weight excluding hydrogens is 218 g/mol. The van der Waals surface area contributed by atoms with Gasteiger partial charge < -0.3 is 4.90 Å². The fourth-order valence-corrected chi connectivity index (χ4v) is 1.33. The number of carbonyl (C=O) groups is 1. The molecule has 1 aliphatic rings. The Morgan fingerprint density at radius 3 is 2.67 bits per heavy atom. The molecule has 3 heteroatoms. The number of carbonyl (C=O) groups excluding carboxylic acids is 1. The maximum Gasteiger partial charge on any atom is 0.225 e. The summed E-state index contributed by atoms with van der Waals surface area (Å²) in [5.41, 5.74) is 0. The van der Waals surface area contributed by atoms with Crippen molar-refractivity contribution >= 4 is 21.8 Å². The van der Waals surface area contributed by atoms with Crippen molar-refractivity contribution in [1.82, 2.24) is 4.90 Å². The molecule has 0 aromatic heterocycles. The predicted octanol–water partition coefficient (Wildman–Crippen LogP) is 2.03. The molecule has 0 bridgehead atoms. The number of hydrogen-bond acceptors (Lipinski definition) is 1. The highest BCUT2D eigenvalue weighted by molar-refractivity contribution is 9.09. The van der Waals surface area contributed by atoms with E-state index >= 15 is 0 Å². The highest BCUT2D eigenvalue weighted by atomic mass is 79.9. The van der Waals surface area contributed by atoms with E-state index in [1.54, 1.807) is 0 Å². The largest absolute Gasteiger partial charge is 0.345 e. The van der Waals surface area contributed by atoms with Gasteiger partial charge in [0, 0.05) is 24.3 Å². The van der Waals surface area contributed by atoms with Crippen molar-refractivity contribution in [3.8, 4) is 0 Å². The van der Waals surface area contributed by atoms with Crippen molar-refractivity contribution in [1.29, 1.82) is 0 Å². The van der Waals surface area contributed by atoms with Crippen LogP contribution in [0, 0.1) is 5.92 Å². The lowest BCUT2D eigenvalue weighted by Crippen LogP contribution is -2.29. The summed E-state index contributed by atoms with van der Waals surface area (Å²) in [5.74, 6) is 0.698. The van der Waals surface area contributed by atoms with Crippen LogP contribution in [0.1, 0.15) is 26.2 Å². The van der Waals surface area contributed by atoms with Crippen LogP contribution in [-0.2, 0) is 4.79 Å². The van der Waals surface area contributed by atoms with Gasteiger partial charge in [0.2, 0.25) is 5.91 Å². The molecule has 1 unspecified atom stereocenters. The first kappa shape index (κ1) is 10.0. The minimum Gasteiger partial charge on any atom is -0.345 e. The predicted molar refractivity (Wildman–Crippen MR) is 53.4 cm³/mol. The van der Waals surface area contributed by atoms with Crippen LogP contribution in [0.5, 0.6) is 0 Å². The van der Waals surface area contributed by atoms with E-state index in [-0.39, 0.29) is 0 Å². The van der Waals surface area contributed by atoms with Crippen LogP contribution in [0.25, 0.3) is 0 Å². The average molecular weight is 234 g/mol. The van der Waals surface area contributed by atoms with Gasteiger partial charge in [-0.3, -0.25) is 4.79 Å². The van der Waals surface area contributed by atoms with Crippen molar-refractivity contribution in [3.63, 3.8) is 0 Å². The van der Waals surface area contributed by atoms with E-state index in [0.717, 1.165) is 25.8 Å². The Morgan fingerprint density at radius 1 is 1.67 bits per heavy atom. The first-order chi connectivity index (χ1) is 5.61. The molecule has 70 valence electrons. The summed E-state index contributed by atoms with van der Waals surface area (Å²) < 4.78 is 0. The van der Waals surface area contributed by atoms with Crippen molar-refractivity contribution < 1.29 is 4.79 Å². The first-order valence-corrected chi connectivity index (χ1v) is 5.42. The fraction of sp³-hybridized carbons (Fsp3) is 0.889. The Balaban J connectivity index is 2.17. The smallest absolute Gasteiger partial charge is 0.225 e.